The summed E-state index contributed by atoms with van der Waals surface area (Å²) in [5.41, 5.74) is 7.43. The van der Waals surface area contributed by atoms with Crippen LogP contribution in [0.4, 0.5) is 10.5 Å². The molecule has 48 heavy (non-hydrogen) atoms. The smallest absolute Gasteiger partial charge is 0.407 e. The topological polar surface area (TPSA) is 134 Å². The van der Waals surface area contributed by atoms with Crippen LogP contribution in [0.3, 0.4) is 0 Å². The SMILES string of the molecule is CCCCCCCCCCCCSSC(CCOC(=O)NCCNS(=O)(=O)c1cccc2c(N(C)C)cccc12)=C(C)N(C=O)CCN. The van der Waals surface area contributed by atoms with Crippen molar-refractivity contribution in [2.45, 2.75) is 89.4 Å². The first-order valence-corrected chi connectivity index (χ1v) is 21.0. The molecule has 2 amide bonds. The van der Waals surface area contributed by atoms with Crippen molar-refractivity contribution in [1.82, 2.24) is 14.9 Å². The number of benzene rings is 2. The maximum absolute atomic E-state index is 13.1. The van der Waals surface area contributed by atoms with Gasteiger partial charge in [-0.05, 0) is 25.5 Å². The molecule has 0 saturated heterocycles. The van der Waals surface area contributed by atoms with Gasteiger partial charge in [-0.2, -0.15) is 0 Å². The van der Waals surface area contributed by atoms with Crippen LogP contribution in [0, 0.1) is 0 Å². The van der Waals surface area contributed by atoms with Crippen LogP contribution in [-0.4, -0.2) is 78.5 Å². The van der Waals surface area contributed by atoms with Gasteiger partial charge in [-0.1, -0.05) is 111 Å². The normalized spacial score (nSPS) is 12.1. The molecule has 0 heterocycles. The average molecular weight is 724 g/mol. The molecule has 270 valence electrons. The van der Waals surface area contributed by atoms with Gasteiger partial charge in [0.05, 0.1) is 11.5 Å². The van der Waals surface area contributed by atoms with Crippen molar-refractivity contribution in [1.29, 1.82) is 0 Å². The number of carbonyl (C=O) groups is 2. The summed E-state index contributed by atoms with van der Waals surface area (Å²) in [5.74, 6) is 1.00. The van der Waals surface area contributed by atoms with E-state index in [1.165, 1.54) is 57.8 Å². The quantitative estimate of drug-likeness (QED) is 0.0521. The monoisotopic (exact) mass is 723 g/mol. The number of alkyl carbamates (subject to hydrolysis) is 1. The van der Waals surface area contributed by atoms with Gasteiger partial charge in [0.1, 0.15) is 0 Å². The molecule has 10 nitrogen and oxygen atoms in total. The predicted octanol–water partition coefficient (Wildman–Crippen LogP) is 7.25. The van der Waals surface area contributed by atoms with Gasteiger partial charge in [-0.3, -0.25) is 4.79 Å². The molecule has 0 fully saturated rings. The lowest BCUT2D eigenvalue weighted by Gasteiger charge is -2.21. The van der Waals surface area contributed by atoms with E-state index in [1.807, 2.05) is 44.1 Å². The van der Waals surface area contributed by atoms with Crippen molar-refractivity contribution >= 4 is 60.6 Å². The molecule has 0 aromatic heterocycles. The summed E-state index contributed by atoms with van der Waals surface area (Å²) in [4.78, 5) is 28.8. The number of rotatable bonds is 26. The lowest BCUT2D eigenvalue weighted by atomic mass is 10.1. The molecular weight excluding hydrogens is 667 g/mol. The second-order valence-electron chi connectivity index (χ2n) is 11.9. The number of anilines is 1. The minimum Gasteiger partial charge on any atom is -0.449 e. The lowest BCUT2D eigenvalue weighted by Crippen LogP contribution is -2.35. The highest BCUT2D eigenvalue weighted by atomic mass is 33.1. The number of hydrogen-bond acceptors (Lipinski definition) is 9. The summed E-state index contributed by atoms with van der Waals surface area (Å²) in [7, 11) is 3.38. The first-order valence-electron chi connectivity index (χ1n) is 17.2. The minimum atomic E-state index is -3.82. The standard InChI is InChI=1S/C35H57N5O5S3/c1-5-6-7-8-9-10-11-12-13-14-27-46-47-33(29(2)40(28-41)25-22-36)21-26-45-35(42)37-23-24-38-48(43,44)34-20-16-17-30-31(34)18-15-19-32(30)39(3)4/h15-20,28,38H,5-14,21-27,36H2,1-4H3,(H,37,42). The highest BCUT2D eigenvalue weighted by Gasteiger charge is 2.18. The number of nitrogens with one attached hydrogen (secondary N) is 2. The number of nitrogens with zero attached hydrogens (tertiary/aromatic N) is 2. The Kier molecular flexibility index (Phi) is 20.7. The van der Waals surface area contributed by atoms with Gasteiger partial charge in [-0.15, -0.1) is 0 Å². The Morgan fingerprint density at radius 1 is 0.938 bits per heavy atom. The van der Waals surface area contributed by atoms with E-state index in [9.17, 15) is 18.0 Å². The maximum Gasteiger partial charge on any atom is 0.407 e. The van der Waals surface area contributed by atoms with Gasteiger partial charge in [0.15, 0.2) is 0 Å². The first-order chi connectivity index (χ1) is 23.2. The third-order valence-corrected chi connectivity index (χ3v) is 12.2. The van der Waals surface area contributed by atoms with Gasteiger partial charge in [-0.25, -0.2) is 17.9 Å². The van der Waals surface area contributed by atoms with Crippen molar-refractivity contribution < 1.29 is 22.7 Å². The predicted molar refractivity (Wildman–Crippen MR) is 204 cm³/mol. The Bertz CT molecular complexity index is 1390. The highest BCUT2D eigenvalue weighted by molar-refractivity contribution is 8.78. The van der Waals surface area contributed by atoms with Gasteiger partial charge in [0.25, 0.3) is 0 Å². The molecule has 0 radical (unpaired) electrons. The Labute approximate surface area is 296 Å². The van der Waals surface area contributed by atoms with Crippen LogP contribution >= 0.6 is 21.6 Å². The summed E-state index contributed by atoms with van der Waals surface area (Å²) < 4.78 is 34.2. The highest BCUT2D eigenvalue weighted by Crippen LogP contribution is 2.36. The Morgan fingerprint density at radius 3 is 2.23 bits per heavy atom. The van der Waals surface area contributed by atoms with Crippen LogP contribution in [0.25, 0.3) is 10.8 Å². The molecule has 0 saturated carbocycles. The van der Waals surface area contributed by atoms with E-state index in [2.05, 4.69) is 17.0 Å². The van der Waals surface area contributed by atoms with Gasteiger partial charge in [0, 0.05) is 79.5 Å². The number of sulfonamides is 1. The third kappa shape index (κ3) is 15.0. The van der Waals surface area contributed by atoms with E-state index in [4.69, 9.17) is 10.5 Å². The molecule has 2 rings (SSSR count). The van der Waals surface area contributed by atoms with Crippen molar-refractivity contribution in [3.05, 3.63) is 47.0 Å². The van der Waals surface area contributed by atoms with E-state index in [-0.39, 0.29) is 24.6 Å². The van der Waals surface area contributed by atoms with Crippen molar-refractivity contribution in [2.75, 3.05) is 57.5 Å². The molecule has 0 aliphatic rings. The fourth-order valence-corrected chi connectivity index (χ4v) is 9.09. The van der Waals surface area contributed by atoms with E-state index in [0.29, 0.717) is 24.9 Å². The third-order valence-electron chi connectivity index (χ3n) is 7.95. The fraction of sp³-hybridized carbons (Fsp3) is 0.600. The van der Waals surface area contributed by atoms with Crippen LogP contribution in [0.1, 0.15) is 84.5 Å². The van der Waals surface area contributed by atoms with Crippen LogP contribution < -0.4 is 20.7 Å². The minimum absolute atomic E-state index is 0.00425. The molecule has 4 N–H and O–H groups in total. The van der Waals surface area contributed by atoms with Crippen LogP contribution in [0.2, 0.25) is 0 Å². The molecule has 2 aromatic rings. The number of allylic oxidation sites excluding steroid dienone is 1. The molecule has 0 spiro atoms. The fourth-order valence-electron chi connectivity index (χ4n) is 5.25. The Morgan fingerprint density at radius 2 is 1.58 bits per heavy atom. The second-order valence-corrected chi connectivity index (χ2v) is 16.2. The van der Waals surface area contributed by atoms with E-state index in [1.54, 1.807) is 44.7 Å². The van der Waals surface area contributed by atoms with Crippen molar-refractivity contribution in [2.24, 2.45) is 5.73 Å². The lowest BCUT2D eigenvalue weighted by molar-refractivity contribution is -0.116. The average Bonchev–Trinajstić information content (AvgIpc) is 3.07. The number of hydrogen-bond donors (Lipinski definition) is 3. The van der Waals surface area contributed by atoms with Crippen LogP contribution in [0.15, 0.2) is 51.9 Å². The molecule has 0 bridgehead atoms. The molecule has 2 aromatic carbocycles. The summed E-state index contributed by atoms with van der Waals surface area (Å²) in [5, 5.41) is 4.08. The molecular formula is C35H57N5O5S3. The van der Waals surface area contributed by atoms with Gasteiger partial charge < -0.3 is 25.6 Å². The summed E-state index contributed by atoms with van der Waals surface area (Å²) in [6, 6.07) is 10.8. The van der Waals surface area contributed by atoms with E-state index < -0.39 is 16.1 Å². The van der Waals surface area contributed by atoms with E-state index >= 15 is 0 Å². The zero-order chi connectivity index (χ0) is 35.2. The maximum atomic E-state index is 13.1. The summed E-state index contributed by atoms with van der Waals surface area (Å²) in [6.45, 7) is 5.08. The Balaban J connectivity index is 1.79. The number of ether oxygens (including phenoxy) is 1. The zero-order valence-corrected chi connectivity index (χ0v) is 31.7. The number of amides is 2. The molecule has 0 aliphatic carbocycles. The largest absolute Gasteiger partial charge is 0.449 e. The molecule has 0 atom stereocenters. The number of nitrogens with two attached hydrogens (primary N) is 1. The van der Waals surface area contributed by atoms with Gasteiger partial charge in [0.2, 0.25) is 16.4 Å². The van der Waals surface area contributed by atoms with Crippen molar-refractivity contribution in [3.8, 4) is 0 Å². The first kappa shape index (κ1) is 41.7. The number of unbranched alkanes of at least 4 members (excludes halogenated alkanes) is 9. The van der Waals surface area contributed by atoms with Crippen LogP contribution in [0.5, 0.6) is 0 Å². The summed E-state index contributed by atoms with van der Waals surface area (Å²) in [6.07, 6.45) is 13.5. The second kappa shape index (κ2) is 23.8. The molecule has 0 aliphatic heterocycles. The summed E-state index contributed by atoms with van der Waals surface area (Å²) >= 11 is 0. The zero-order valence-electron chi connectivity index (χ0n) is 29.3. The molecule has 0 unspecified atom stereocenters. The van der Waals surface area contributed by atoms with Crippen molar-refractivity contribution in [3.63, 3.8) is 0 Å². The van der Waals surface area contributed by atoms with Gasteiger partial charge >= 0.3 is 6.09 Å². The Hall–Kier alpha value is -2.45. The number of carbonyl (C=O) groups excluding carboxylic acids is 2. The van der Waals surface area contributed by atoms with E-state index in [0.717, 1.165) is 40.3 Å². The number of fused-ring (bicyclic) bond motifs is 1. The van der Waals surface area contributed by atoms with Crippen LogP contribution in [-0.2, 0) is 19.6 Å². The molecule has 13 heteroatoms.